The summed E-state index contributed by atoms with van der Waals surface area (Å²) in [4.78, 5) is 12.2. The molecule has 0 aromatic heterocycles. The Kier molecular flexibility index (Phi) is 11.1. The second-order valence-electron chi connectivity index (χ2n) is 6.98. The first-order valence-corrected chi connectivity index (χ1v) is 12.3. The summed E-state index contributed by atoms with van der Waals surface area (Å²) in [5, 5.41) is 5.80. The molecule has 1 saturated heterocycles. The molecule has 0 aliphatic carbocycles. The fourth-order valence-corrected chi connectivity index (χ4v) is 4.39. The van der Waals surface area contributed by atoms with Gasteiger partial charge in [0.05, 0.1) is 18.1 Å². The summed E-state index contributed by atoms with van der Waals surface area (Å²) in [5.41, 5.74) is 0.708. The minimum atomic E-state index is -3.53. The van der Waals surface area contributed by atoms with Crippen LogP contribution in [-0.2, 0) is 24.3 Å². The molecule has 0 unspecified atom stereocenters. The standard InChI is InChI=1S/C21H31N3O5S2/c1-2-3-14-28-15-4-11-22-21(30)23-20(25)10-7-18-5-8-19(9-6-18)31(26,27)24-12-16-29-17-13-24/h5-10H,2-4,11-17H2,1H3,(H2,22,23,25,30)/b10-7+. The summed E-state index contributed by atoms with van der Waals surface area (Å²) < 4.78 is 37.3. The van der Waals surface area contributed by atoms with Gasteiger partial charge in [0, 0.05) is 38.9 Å². The lowest BCUT2D eigenvalue weighted by Gasteiger charge is -2.26. The van der Waals surface area contributed by atoms with Crippen molar-refractivity contribution in [3.63, 3.8) is 0 Å². The van der Waals surface area contributed by atoms with Gasteiger partial charge in [0.15, 0.2) is 5.11 Å². The molecule has 1 aliphatic heterocycles. The van der Waals surface area contributed by atoms with Crippen LogP contribution >= 0.6 is 12.2 Å². The predicted molar refractivity (Wildman–Crippen MR) is 124 cm³/mol. The quantitative estimate of drug-likeness (QED) is 0.290. The fourth-order valence-electron chi connectivity index (χ4n) is 2.78. The first-order valence-electron chi connectivity index (χ1n) is 10.5. The minimum absolute atomic E-state index is 0.222. The molecule has 0 atom stereocenters. The number of morpholine rings is 1. The second kappa shape index (κ2) is 13.5. The van der Waals surface area contributed by atoms with E-state index in [4.69, 9.17) is 21.7 Å². The van der Waals surface area contributed by atoms with Gasteiger partial charge in [-0.1, -0.05) is 25.5 Å². The summed E-state index contributed by atoms with van der Waals surface area (Å²) in [6.07, 6.45) is 5.92. The molecule has 31 heavy (non-hydrogen) atoms. The number of hydrogen-bond acceptors (Lipinski definition) is 6. The van der Waals surface area contributed by atoms with Crippen LogP contribution in [0, 0.1) is 0 Å². The molecular formula is C21H31N3O5S2. The molecule has 1 aliphatic rings. The highest BCUT2D eigenvalue weighted by Crippen LogP contribution is 2.18. The molecule has 172 valence electrons. The van der Waals surface area contributed by atoms with Crippen molar-refractivity contribution in [3.05, 3.63) is 35.9 Å². The van der Waals surface area contributed by atoms with Crippen molar-refractivity contribution in [1.29, 1.82) is 0 Å². The summed E-state index contributed by atoms with van der Waals surface area (Å²) in [7, 11) is -3.53. The number of unbranched alkanes of at least 4 members (excludes halogenated alkanes) is 1. The van der Waals surface area contributed by atoms with E-state index in [1.165, 1.54) is 22.5 Å². The molecule has 0 saturated carbocycles. The predicted octanol–water partition coefficient (Wildman–Crippen LogP) is 1.92. The van der Waals surface area contributed by atoms with Crippen LogP contribution in [0.5, 0.6) is 0 Å². The Morgan fingerprint density at radius 3 is 2.55 bits per heavy atom. The van der Waals surface area contributed by atoms with E-state index in [9.17, 15) is 13.2 Å². The zero-order valence-electron chi connectivity index (χ0n) is 17.8. The van der Waals surface area contributed by atoms with Crippen LogP contribution in [0.25, 0.3) is 6.08 Å². The number of benzene rings is 1. The average molecular weight is 470 g/mol. The first kappa shape index (κ1) is 25.4. The van der Waals surface area contributed by atoms with Gasteiger partial charge in [-0.15, -0.1) is 0 Å². The minimum Gasteiger partial charge on any atom is -0.381 e. The van der Waals surface area contributed by atoms with Crippen LogP contribution in [0.3, 0.4) is 0 Å². The SMILES string of the molecule is CCCCOCCCNC(=S)NC(=O)/C=C/c1ccc(S(=O)(=O)N2CCOCC2)cc1. The van der Waals surface area contributed by atoms with E-state index < -0.39 is 10.0 Å². The van der Waals surface area contributed by atoms with Gasteiger partial charge >= 0.3 is 0 Å². The number of carbonyl (C=O) groups excluding carboxylic acids is 1. The van der Waals surface area contributed by atoms with E-state index in [0.717, 1.165) is 25.9 Å². The van der Waals surface area contributed by atoms with Crippen LogP contribution in [0.15, 0.2) is 35.2 Å². The number of carbonyl (C=O) groups is 1. The number of ether oxygens (including phenoxy) is 2. The maximum Gasteiger partial charge on any atom is 0.250 e. The van der Waals surface area contributed by atoms with Crippen LogP contribution in [0.4, 0.5) is 0 Å². The monoisotopic (exact) mass is 469 g/mol. The van der Waals surface area contributed by atoms with Crippen molar-refractivity contribution in [2.24, 2.45) is 0 Å². The van der Waals surface area contributed by atoms with Gasteiger partial charge in [-0.05, 0) is 48.8 Å². The largest absolute Gasteiger partial charge is 0.381 e. The van der Waals surface area contributed by atoms with Crippen LogP contribution in [0.1, 0.15) is 31.7 Å². The van der Waals surface area contributed by atoms with Crippen LogP contribution in [0.2, 0.25) is 0 Å². The zero-order valence-corrected chi connectivity index (χ0v) is 19.5. The lowest BCUT2D eigenvalue weighted by atomic mass is 10.2. The number of nitrogens with zero attached hydrogens (tertiary/aromatic N) is 1. The molecule has 2 rings (SSSR count). The molecule has 8 nitrogen and oxygen atoms in total. The third kappa shape index (κ3) is 9.04. The van der Waals surface area contributed by atoms with Gasteiger partial charge in [-0.2, -0.15) is 4.31 Å². The Bertz CT molecular complexity index is 835. The average Bonchev–Trinajstić information content (AvgIpc) is 2.78. The molecular weight excluding hydrogens is 438 g/mol. The Morgan fingerprint density at radius 1 is 1.19 bits per heavy atom. The highest BCUT2D eigenvalue weighted by atomic mass is 32.2. The molecule has 1 heterocycles. The first-order chi connectivity index (χ1) is 14.9. The van der Waals surface area contributed by atoms with E-state index in [0.29, 0.717) is 45.0 Å². The fraction of sp³-hybridized carbons (Fsp3) is 0.524. The molecule has 10 heteroatoms. The summed E-state index contributed by atoms with van der Waals surface area (Å²) in [6, 6.07) is 6.40. The van der Waals surface area contributed by atoms with Gasteiger partial charge in [0.2, 0.25) is 15.9 Å². The maximum absolute atomic E-state index is 12.6. The van der Waals surface area contributed by atoms with Gasteiger partial charge < -0.3 is 14.8 Å². The van der Waals surface area contributed by atoms with Gasteiger partial charge in [0.25, 0.3) is 0 Å². The number of amides is 1. The number of rotatable bonds is 11. The Hall–Kier alpha value is -1.85. The Labute approximate surface area is 190 Å². The number of hydrogen-bond donors (Lipinski definition) is 2. The van der Waals surface area contributed by atoms with Crippen LogP contribution < -0.4 is 10.6 Å². The van der Waals surface area contributed by atoms with Crippen molar-refractivity contribution >= 4 is 39.3 Å². The molecule has 0 spiro atoms. The second-order valence-corrected chi connectivity index (χ2v) is 9.33. The highest BCUT2D eigenvalue weighted by Gasteiger charge is 2.25. The maximum atomic E-state index is 12.6. The summed E-state index contributed by atoms with van der Waals surface area (Å²) >= 11 is 5.10. The Balaban J connectivity index is 1.75. The molecule has 0 radical (unpaired) electrons. The number of nitrogens with one attached hydrogen (secondary N) is 2. The van der Waals surface area contributed by atoms with E-state index in [1.807, 2.05) is 0 Å². The van der Waals surface area contributed by atoms with Gasteiger partial charge in [-0.25, -0.2) is 8.42 Å². The van der Waals surface area contributed by atoms with Crippen molar-refractivity contribution in [3.8, 4) is 0 Å². The van der Waals surface area contributed by atoms with Crippen LogP contribution in [-0.4, -0.2) is 69.8 Å². The molecule has 1 fully saturated rings. The lowest BCUT2D eigenvalue weighted by Crippen LogP contribution is -2.40. The molecule has 2 N–H and O–H groups in total. The number of thiocarbonyl (C=S) groups is 1. The smallest absolute Gasteiger partial charge is 0.250 e. The number of sulfonamides is 1. The van der Waals surface area contributed by atoms with E-state index in [2.05, 4.69) is 17.6 Å². The van der Waals surface area contributed by atoms with E-state index in [-0.39, 0.29) is 15.9 Å². The summed E-state index contributed by atoms with van der Waals surface area (Å²) in [5.74, 6) is -0.360. The topological polar surface area (TPSA) is 97.0 Å². The molecule has 1 aromatic carbocycles. The third-order valence-corrected chi connectivity index (χ3v) is 6.70. The van der Waals surface area contributed by atoms with Crippen molar-refractivity contribution in [1.82, 2.24) is 14.9 Å². The van der Waals surface area contributed by atoms with E-state index >= 15 is 0 Å². The normalized spacial score (nSPS) is 15.1. The highest BCUT2D eigenvalue weighted by molar-refractivity contribution is 7.89. The van der Waals surface area contributed by atoms with Crippen molar-refractivity contribution < 1.29 is 22.7 Å². The van der Waals surface area contributed by atoms with Gasteiger partial charge in [0.1, 0.15) is 0 Å². The molecule has 1 aromatic rings. The Morgan fingerprint density at radius 2 is 1.87 bits per heavy atom. The third-order valence-electron chi connectivity index (χ3n) is 4.55. The lowest BCUT2D eigenvalue weighted by molar-refractivity contribution is -0.115. The van der Waals surface area contributed by atoms with Crippen molar-refractivity contribution in [2.75, 3.05) is 46.1 Å². The van der Waals surface area contributed by atoms with Crippen molar-refractivity contribution in [2.45, 2.75) is 31.1 Å². The zero-order chi connectivity index (χ0) is 22.5. The molecule has 1 amide bonds. The molecule has 0 bridgehead atoms. The van der Waals surface area contributed by atoms with Gasteiger partial charge in [-0.3, -0.25) is 10.1 Å². The van der Waals surface area contributed by atoms with E-state index in [1.54, 1.807) is 18.2 Å². The summed E-state index contributed by atoms with van der Waals surface area (Å²) in [6.45, 7) is 5.66.